The average Bonchev–Trinajstić information content (AvgIpc) is 2.75. The molecule has 3 nitrogen and oxygen atoms in total. The third-order valence-electron chi connectivity index (χ3n) is 2.52. The van der Waals surface area contributed by atoms with Crippen LogP contribution in [-0.4, -0.2) is 39.0 Å². The molecule has 1 saturated heterocycles. The Hall–Kier alpha value is -0.380. The van der Waals surface area contributed by atoms with E-state index in [1.165, 1.54) is 12.8 Å². The van der Waals surface area contributed by atoms with Gasteiger partial charge >= 0.3 is 0 Å². The number of ether oxygens (including phenoxy) is 2. The highest BCUT2D eigenvalue weighted by Gasteiger charge is 2.13. The highest BCUT2D eigenvalue weighted by Crippen LogP contribution is 2.10. The summed E-state index contributed by atoms with van der Waals surface area (Å²) in [5.41, 5.74) is 0. The molecule has 1 heterocycles. The lowest BCUT2D eigenvalue weighted by Crippen LogP contribution is -2.29. The molecule has 0 aromatic carbocycles. The molecule has 3 heteroatoms. The van der Waals surface area contributed by atoms with Crippen LogP contribution in [-0.2, 0) is 9.47 Å². The normalized spacial score (nSPS) is 20.7. The van der Waals surface area contributed by atoms with E-state index in [0.717, 1.165) is 45.8 Å². The first-order chi connectivity index (χ1) is 7.43. The van der Waals surface area contributed by atoms with E-state index in [9.17, 15) is 0 Å². The lowest BCUT2D eigenvalue weighted by Gasteiger charge is -2.10. The van der Waals surface area contributed by atoms with Crippen molar-refractivity contribution in [3.8, 4) is 0 Å². The third kappa shape index (κ3) is 6.66. The third-order valence-corrected chi connectivity index (χ3v) is 2.52. The molecule has 0 aliphatic carbocycles. The maximum Gasteiger partial charge on any atom is 0.0700 e. The molecule has 1 rings (SSSR count). The zero-order chi connectivity index (χ0) is 10.8. The van der Waals surface area contributed by atoms with Crippen molar-refractivity contribution in [2.75, 3.05) is 32.9 Å². The Morgan fingerprint density at radius 3 is 3.13 bits per heavy atom. The van der Waals surface area contributed by atoms with E-state index in [0.29, 0.717) is 6.10 Å². The standard InChI is InChI=1S/C12H23NO2/c1-2-3-4-8-14-10-7-13-11-12-6-5-9-15-12/h2,12-13H,1,3-11H2. The van der Waals surface area contributed by atoms with Crippen molar-refractivity contribution in [3.63, 3.8) is 0 Å². The number of hydrogen-bond donors (Lipinski definition) is 1. The van der Waals surface area contributed by atoms with Gasteiger partial charge in [0.2, 0.25) is 0 Å². The molecular formula is C12H23NO2. The molecule has 15 heavy (non-hydrogen) atoms. The van der Waals surface area contributed by atoms with Crippen molar-refractivity contribution in [3.05, 3.63) is 12.7 Å². The van der Waals surface area contributed by atoms with Crippen LogP contribution >= 0.6 is 0 Å². The Bertz CT molecular complexity index is 156. The average molecular weight is 213 g/mol. The van der Waals surface area contributed by atoms with Crippen LogP contribution < -0.4 is 5.32 Å². The Kier molecular flexibility index (Phi) is 7.52. The summed E-state index contributed by atoms with van der Waals surface area (Å²) in [5.74, 6) is 0. The van der Waals surface area contributed by atoms with E-state index in [-0.39, 0.29) is 0 Å². The quantitative estimate of drug-likeness (QED) is 0.467. The summed E-state index contributed by atoms with van der Waals surface area (Å²) in [7, 11) is 0. The van der Waals surface area contributed by atoms with E-state index in [4.69, 9.17) is 9.47 Å². The minimum absolute atomic E-state index is 0.436. The maximum atomic E-state index is 5.50. The SMILES string of the molecule is C=CCCCOCCNCC1CCCO1. The molecule has 1 N–H and O–H groups in total. The minimum atomic E-state index is 0.436. The smallest absolute Gasteiger partial charge is 0.0700 e. The van der Waals surface area contributed by atoms with Gasteiger partial charge in [0.05, 0.1) is 12.7 Å². The molecule has 0 amide bonds. The summed E-state index contributed by atoms with van der Waals surface area (Å²) in [6.45, 7) is 8.13. The van der Waals surface area contributed by atoms with Crippen LogP contribution in [0.3, 0.4) is 0 Å². The molecule has 1 atom stereocenters. The summed E-state index contributed by atoms with van der Waals surface area (Å²) < 4.78 is 10.9. The number of nitrogens with one attached hydrogen (secondary N) is 1. The van der Waals surface area contributed by atoms with Gasteiger partial charge in [0.15, 0.2) is 0 Å². The second-order valence-corrected chi connectivity index (χ2v) is 3.88. The number of rotatable bonds is 9. The number of allylic oxidation sites excluding steroid dienone is 1. The highest BCUT2D eigenvalue weighted by atomic mass is 16.5. The van der Waals surface area contributed by atoms with Gasteiger partial charge in [-0.15, -0.1) is 6.58 Å². The molecule has 0 aromatic heterocycles. The first-order valence-electron chi connectivity index (χ1n) is 5.94. The fourth-order valence-electron chi connectivity index (χ4n) is 1.64. The first kappa shape index (κ1) is 12.7. The van der Waals surface area contributed by atoms with Crippen molar-refractivity contribution in [1.82, 2.24) is 5.32 Å². The molecule has 1 aliphatic heterocycles. The summed E-state index contributed by atoms with van der Waals surface area (Å²) >= 11 is 0. The largest absolute Gasteiger partial charge is 0.380 e. The molecule has 0 aromatic rings. The van der Waals surface area contributed by atoms with Crippen LogP contribution in [0.1, 0.15) is 25.7 Å². The first-order valence-corrected chi connectivity index (χ1v) is 5.94. The van der Waals surface area contributed by atoms with Crippen molar-refractivity contribution in [2.24, 2.45) is 0 Å². The van der Waals surface area contributed by atoms with Gasteiger partial charge in [0.25, 0.3) is 0 Å². The fraction of sp³-hybridized carbons (Fsp3) is 0.833. The Morgan fingerprint density at radius 1 is 1.47 bits per heavy atom. The number of unbranched alkanes of at least 4 members (excludes halogenated alkanes) is 1. The van der Waals surface area contributed by atoms with Gasteiger partial charge < -0.3 is 14.8 Å². The second kappa shape index (κ2) is 8.89. The molecule has 0 saturated carbocycles. The van der Waals surface area contributed by atoms with Gasteiger partial charge in [-0.05, 0) is 25.7 Å². The Balaban J connectivity index is 1.74. The Labute approximate surface area is 92.8 Å². The van der Waals surface area contributed by atoms with Crippen LogP contribution in [0.25, 0.3) is 0 Å². The van der Waals surface area contributed by atoms with Crippen LogP contribution in [0.5, 0.6) is 0 Å². The minimum Gasteiger partial charge on any atom is -0.380 e. The van der Waals surface area contributed by atoms with Gasteiger partial charge in [-0.3, -0.25) is 0 Å². The summed E-state index contributed by atoms with van der Waals surface area (Å²) in [6, 6.07) is 0. The van der Waals surface area contributed by atoms with Gasteiger partial charge in [0, 0.05) is 26.3 Å². The van der Waals surface area contributed by atoms with Gasteiger partial charge in [-0.25, -0.2) is 0 Å². The molecule has 0 spiro atoms. The molecule has 88 valence electrons. The van der Waals surface area contributed by atoms with Crippen molar-refractivity contribution >= 4 is 0 Å². The fourth-order valence-corrected chi connectivity index (χ4v) is 1.64. The maximum absolute atomic E-state index is 5.50. The van der Waals surface area contributed by atoms with Crippen LogP contribution in [0, 0.1) is 0 Å². The summed E-state index contributed by atoms with van der Waals surface area (Å²) in [5, 5.41) is 3.35. The molecule has 1 fully saturated rings. The zero-order valence-corrected chi connectivity index (χ0v) is 9.54. The number of hydrogen-bond acceptors (Lipinski definition) is 3. The predicted molar refractivity (Wildman–Crippen MR) is 62.1 cm³/mol. The van der Waals surface area contributed by atoms with Crippen LogP contribution in [0.4, 0.5) is 0 Å². The lowest BCUT2D eigenvalue weighted by molar-refractivity contribution is 0.102. The van der Waals surface area contributed by atoms with Gasteiger partial charge in [-0.2, -0.15) is 0 Å². The predicted octanol–water partition coefficient (Wildman–Crippen LogP) is 1.74. The molecule has 1 unspecified atom stereocenters. The van der Waals surface area contributed by atoms with E-state index in [1.54, 1.807) is 0 Å². The zero-order valence-electron chi connectivity index (χ0n) is 9.54. The van der Waals surface area contributed by atoms with E-state index in [2.05, 4.69) is 11.9 Å². The van der Waals surface area contributed by atoms with E-state index >= 15 is 0 Å². The molecular weight excluding hydrogens is 190 g/mol. The van der Waals surface area contributed by atoms with Gasteiger partial charge in [-0.1, -0.05) is 6.08 Å². The second-order valence-electron chi connectivity index (χ2n) is 3.88. The molecule has 0 bridgehead atoms. The lowest BCUT2D eigenvalue weighted by atomic mass is 10.2. The monoisotopic (exact) mass is 213 g/mol. The Morgan fingerprint density at radius 2 is 2.40 bits per heavy atom. The van der Waals surface area contributed by atoms with Gasteiger partial charge in [0.1, 0.15) is 0 Å². The van der Waals surface area contributed by atoms with E-state index in [1.807, 2.05) is 6.08 Å². The van der Waals surface area contributed by atoms with Crippen molar-refractivity contribution in [2.45, 2.75) is 31.8 Å². The van der Waals surface area contributed by atoms with Crippen LogP contribution in [0.15, 0.2) is 12.7 Å². The highest BCUT2D eigenvalue weighted by molar-refractivity contribution is 4.67. The van der Waals surface area contributed by atoms with Crippen LogP contribution in [0.2, 0.25) is 0 Å². The summed E-state index contributed by atoms with van der Waals surface area (Å²) in [4.78, 5) is 0. The molecule has 0 radical (unpaired) electrons. The van der Waals surface area contributed by atoms with E-state index < -0.39 is 0 Å². The molecule has 1 aliphatic rings. The summed E-state index contributed by atoms with van der Waals surface area (Å²) in [6.07, 6.45) is 6.90. The van der Waals surface area contributed by atoms with Crippen molar-refractivity contribution < 1.29 is 9.47 Å². The topological polar surface area (TPSA) is 30.5 Å². The van der Waals surface area contributed by atoms with Crippen molar-refractivity contribution in [1.29, 1.82) is 0 Å².